The summed E-state index contributed by atoms with van der Waals surface area (Å²) < 4.78 is 1.21. The van der Waals surface area contributed by atoms with Crippen LogP contribution in [0.5, 0.6) is 0 Å². The smallest absolute Gasteiger partial charge is 0.297 e. The summed E-state index contributed by atoms with van der Waals surface area (Å²) in [5.74, 6) is 0. The van der Waals surface area contributed by atoms with E-state index in [4.69, 9.17) is 11.6 Å². The lowest BCUT2D eigenvalue weighted by Crippen LogP contribution is -2.41. The van der Waals surface area contributed by atoms with E-state index in [0.717, 1.165) is 4.88 Å². The maximum absolute atomic E-state index is 12.1. The van der Waals surface area contributed by atoms with E-state index in [1.54, 1.807) is 18.3 Å². The fraction of sp³-hybridized carbons (Fsp3) is 0.385. The molecule has 0 atom stereocenters. The molecular weight excluding hydrogens is 284 g/mol. The van der Waals surface area contributed by atoms with Gasteiger partial charge in [-0.1, -0.05) is 31.5 Å². The molecule has 2 aromatic rings. The van der Waals surface area contributed by atoms with Gasteiger partial charge in [-0.05, 0) is 18.4 Å². The summed E-state index contributed by atoms with van der Waals surface area (Å²) in [5.41, 5.74) is -0.725. The van der Waals surface area contributed by atoms with Gasteiger partial charge in [0.05, 0.1) is 0 Å². The molecule has 1 N–H and O–H groups in total. The van der Waals surface area contributed by atoms with Gasteiger partial charge in [-0.3, -0.25) is 14.3 Å². The predicted molar refractivity (Wildman–Crippen MR) is 78.4 cm³/mol. The molecule has 2 rings (SSSR count). The summed E-state index contributed by atoms with van der Waals surface area (Å²) in [5, 5.41) is 2.09. The molecule has 0 aliphatic heterocycles. The Bertz CT molecular complexity index is 698. The van der Waals surface area contributed by atoms with E-state index in [9.17, 15) is 9.59 Å². The lowest BCUT2D eigenvalue weighted by atomic mass is 9.91. The van der Waals surface area contributed by atoms with Gasteiger partial charge in [0, 0.05) is 22.4 Å². The number of aromatic nitrogens is 2. The van der Waals surface area contributed by atoms with Gasteiger partial charge >= 0.3 is 5.69 Å². The molecule has 4 nitrogen and oxygen atoms in total. The average molecular weight is 299 g/mol. The first-order valence-electron chi connectivity index (χ1n) is 5.86. The van der Waals surface area contributed by atoms with Crippen LogP contribution in [0.2, 0.25) is 5.15 Å². The van der Waals surface area contributed by atoms with E-state index < -0.39 is 5.69 Å². The second kappa shape index (κ2) is 4.98. The lowest BCUT2D eigenvalue weighted by Gasteiger charge is -2.23. The molecule has 0 amide bonds. The van der Waals surface area contributed by atoms with Crippen molar-refractivity contribution in [2.45, 2.75) is 32.7 Å². The van der Waals surface area contributed by atoms with Gasteiger partial charge in [0.15, 0.2) is 0 Å². The minimum absolute atomic E-state index is 0.111. The molecule has 0 aromatic carbocycles. The average Bonchev–Trinajstić information content (AvgIpc) is 2.86. The molecule has 0 aliphatic rings. The fourth-order valence-corrected chi connectivity index (χ4v) is 2.93. The Morgan fingerprint density at radius 2 is 2.11 bits per heavy atom. The molecule has 0 radical (unpaired) electrons. The maximum Gasteiger partial charge on any atom is 0.329 e. The van der Waals surface area contributed by atoms with Crippen LogP contribution in [-0.4, -0.2) is 9.55 Å². The standard InChI is InChI=1S/C13H15ClN2O2S/c1-8-10(14)15-12(18)16(11(8)17)7-13(2,3)9-5-4-6-19-9/h4-6H,7H2,1-3H3,(H,15,18). The van der Waals surface area contributed by atoms with Crippen molar-refractivity contribution in [2.75, 3.05) is 0 Å². The Labute approximate surface area is 119 Å². The minimum Gasteiger partial charge on any atom is -0.297 e. The number of H-pyrrole nitrogens is 1. The Hall–Kier alpha value is -1.33. The van der Waals surface area contributed by atoms with Gasteiger partial charge in [-0.2, -0.15) is 0 Å². The molecule has 0 aliphatic carbocycles. The first kappa shape index (κ1) is 14.1. The van der Waals surface area contributed by atoms with E-state index in [1.807, 2.05) is 31.4 Å². The van der Waals surface area contributed by atoms with Crippen molar-refractivity contribution in [1.82, 2.24) is 9.55 Å². The number of hydrogen-bond acceptors (Lipinski definition) is 3. The maximum atomic E-state index is 12.1. The number of nitrogens with one attached hydrogen (secondary N) is 1. The Morgan fingerprint density at radius 1 is 1.42 bits per heavy atom. The third-order valence-corrected chi connectivity index (χ3v) is 4.71. The quantitative estimate of drug-likeness (QED) is 0.885. The number of aromatic amines is 1. The van der Waals surface area contributed by atoms with Crippen molar-refractivity contribution in [3.8, 4) is 0 Å². The Balaban J connectivity index is 2.48. The first-order chi connectivity index (χ1) is 8.83. The summed E-state index contributed by atoms with van der Waals surface area (Å²) in [4.78, 5) is 27.6. The van der Waals surface area contributed by atoms with Crippen molar-refractivity contribution < 1.29 is 0 Å². The zero-order chi connectivity index (χ0) is 14.2. The van der Waals surface area contributed by atoms with Gasteiger partial charge in [-0.25, -0.2) is 4.79 Å². The summed E-state index contributed by atoms with van der Waals surface area (Å²) in [6, 6.07) is 3.97. The van der Waals surface area contributed by atoms with Crippen LogP contribution in [0.15, 0.2) is 27.1 Å². The summed E-state index contributed by atoms with van der Waals surface area (Å²) in [6.07, 6.45) is 0. The number of thiophene rings is 1. The number of halogens is 1. The molecular formula is C13H15ClN2O2S. The molecule has 0 bridgehead atoms. The van der Waals surface area contributed by atoms with Crippen LogP contribution in [0.3, 0.4) is 0 Å². The fourth-order valence-electron chi connectivity index (χ4n) is 1.92. The van der Waals surface area contributed by atoms with Crippen LogP contribution < -0.4 is 11.2 Å². The van der Waals surface area contributed by atoms with Gasteiger partial charge in [0.2, 0.25) is 0 Å². The molecule has 2 aromatic heterocycles. The van der Waals surface area contributed by atoms with Crippen molar-refractivity contribution in [3.63, 3.8) is 0 Å². The van der Waals surface area contributed by atoms with Gasteiger partial charge in [0.1, 0.15) is 5.15 Å². The van der Waals surface area contributed by atoms with Crippen molar-refractivity contribution >= 4 is 22.9 Å². The van der Waals surface area contributed by atoms with Gasteiger partial charge < -0.3 is 0 Å². The number of hydrogen-bond donors (Lipinski definition) is 1. The van der Waals surface area contributed by atoms with Gasteiger partial charge in [0.25, 0.3) is 5.56 Å². The Morgan fingerprint density at radius 3 is 2.68 bits per heavy atom. The van der Waals surface area contributed by atoms with Crippen molar-refractivity contribution in [3.05, 3.63) is 53.9 Å². The predicted octanol–water partition coefficient (Wildman–Crippen LogP) is 2.54. The molecule has 102 valence electrons. The number of rotatable bonds is 3. The Kier molecular flexibility index (Phi) is 3.69. The van der Waals surface area contributed by atoms with E-state index in [1.165, 1.54) is 4.57 Å². The molecule has 0 unspecified atom stereocenters. The van der Waals surface area contributed by atoms with E-state index in [2.05, 4.69) is 4.98 Å². The van der Waals surface area contributed by atoms with Crippen LogP contribution in [0.1, 0.15) is 24.3 Å². The monoisotopic (exact) mass is 298 g/mol. The SMILES string of the molecule is Cc1c(Cl)[nH]c(=O)n(CC(C)(C)c2cccs2)c1=O. The minimum atomic E-state index is -0.467. The van der Waals surface area contributed by atoms with Gasteiger partial charge in [-0.15, -0.1) is 11.3 Å². The van der Waals surface area contributed by atoms with Crippen LogP contribution >= 0.6 is 22.9 Å². The molecule has 0 saturated heterocycles. The highest BCUT2D eigenvalue weighted by molar-refractivity contribution is 7.10. The third kappa shape index (κ3) is 2.67. The zero-order valence-electron chi connectivity index (χ0n) is 11.0. The van der Waals surface area contributed by atoms with E-state index >= 15 is 0 Å². The highest BCUT2D eigenvalue weighted by atomic mass is 35.5. The second-order valence-corrected chi connectivity index (χ2v) is 6.45. The van der Waals surface area contributed by atoms with Crippen molar-refractivity contribution in [1.29, 1.82) is 0 Å². The normalized spacial score (nSPS) is 11.8. The largest absolute Gasteiger partial charge is 0.329 e. The van der Waals surface area contributed by atoms with Crippen LogP contribution in [0.25, 0.3) is 0 Å². The van der Waals surface area contributed by atoms with Crippen LogP contribution in [0.4, 0.5) is 0 Å². The van der Waals surface area contributed by atoms with E-state index in [-0.39, 0.29) is 16.1 Å². The molecule has 19 heavy (non-hydrogen) atoms. The zero-order valence-corrected chi connectivity index (χ0v) is 12.6. The van der Waals surface area contributed by atoms with Crippen LogP contribution in [0, 0.1) is 6.92 Å². The first-order valence-corrected chi connectivity index (χ1v) is 7.12. The number of nitrogens with zero attached hydrogens (tertiary/aromatic N) is 1. The van der Waals surface area contributed by atoms with Crippen molar-refractivity contribution in [2.24, 2.45) is 0 Å². The third-order valence-electron chi connectivity index (χ3n) is 3.10. The molecule has 6 heteroatoms. The second-order valence-electron chi connectivity index (χ2n) is 5.12. The van der Waals surface area contributed by atoms with E-state index in [0.29, 0.717) is 12.1 Å². The highest BCUT2D eigenvalue weighted by Crippen LogP contribution is 2.28. The highest BCUT2D eigenvalue weighted by Gasteiger charge is 2.24. The van der Waals surface area contributed by atoms with Crippen LogP contribution in [-0.2, 0) is 12.0 Å². The summed E-state index contributed by atoms with van der Waals surface area (Å²) >= 11 is 7.41. The summed E-state index contributed by atoms with van der Waals surface area (Å²) in [6.45, 7) is 5.94. The molecule has 0 spiro atoms. The molecule has 2 heterocycles. The topological polar surface area (TPSA) is 54.9 Å². The molecule has 0 saturated carbocycles. The molecule has 0 fully saturated rings. The summed E-state index contributed by atoms with van der Waals surface area (Å²) in [7, 11) is 0. The lowest BCUT2D eigenvalue weighted by molar-refractivity contribution is 0.421.